The SMILES string of the molecule is C=C(C)C(=O)[O-].C=C(CC)C(=O)[O-]. The number of carbonyl (C=O) groups is 2. The van der Waals surface area contributed by atoms with E-state index in [-0.39, 0.29) is 11.1 Å². The zero-order chi connectivity index (χ0) is 11.0. The Kier molecular flexibility index (Phi) is 7.62. The maximum Gasteiger partial charge on any atom is 0.0668 e. The quantitative estimate of drug-likeness (QED) is 0.528. The van der Waals surface area contributed by atoms with Gasteiger partial charge in [0.1, 0.15) is 0 Å². The minimum atomic E-state index is -1.19. The second-order valence-electron chi connectivity index (χ2n) is 2.31. The van der Waals surface area contributed by atoms with Crippen LogP contribution in [-0.4, -0.2) is 11.9 Å². The summed E-state index contributed by atoms with van der Waals surface area (Å²) in [6, 6.07) is 0. The molecule has 0 heterocycles. The van der Waals surface area contributed by atoms with Crippen molar-refractivity contribution in [3.63, 3.8) is 0 Å². The van der Waals surface area contributed by atoms with E-state index in [1.165, 1.54) is 6.92 Å². The third kappa shape index (κ3) is 10.4. The molecule has 0 bridgehead atoms. The third-order valence-corrected chi connectivity index (χ3v) is 1.06. The van der Waals surface area contributed by atoms with Crippen LogP contribution in [0.2, 0.25) is 0 Å². The van der Waals surface area contributed by atoms with E-state index in [1.807, 2.05) is 0 Å². The molecule has 4 heteroatoms. The summed E-state index contributed by atoms with van der Waals surface area (Å²) in [4.78, 5) is 19.2. The van der Waals surface area contributed by atoms with Crippen molar-refractivity contribution in [2.75, 3.05) is 0 Å². The van der Waals surface area contributed by atoms with Crippen LogP contribution in [0.4, 0.5) is 0 Å². The molecule has 0 spiro atoms. The molecule has 0 fully saturated rings. The number of carboxylic acids is 2. The minimum Gasteiger partial charge on any atom is -0.545 e. The summed E-state index contributed by atoms with van der Waals surface area (Å²) in [5.41, 5.74) is 0.218. The first kappa shape index (κ1) is 14.0. The Hall–Kier alpha value is -1.58. The van der Waals surface area contributed by atoms with Gasteiger partial charge in [-0.2, -0.15) is 0 Å². The molecule has 74 valence electrons. The van der Waals surface area contributed by atoms with E-state index in [1.54, 1.807) is 6.92 Å². The maximum atomic E-state index is 9.72. The van der Waals surface area contributed by atoms with E-state index in [4.69, 9.17) is 0 Å². The Bertz CT molecular complexity index is 216. The molecule has 0 rings (SSSR count). The Labute approximate surface area is 77.2 Å². The molecule has 0 aromatic heterocycles. The van der Waals surface area contributed by atoms with Crippen molar-refractivity contribution in [1.29, 1.82) is 0 Å². The molecular formula is C9H12O4-2. The van der Waals surface area contributed by atoms with Crippen LogP contribution in [0.25, 0.3) is 0 Å². The monoisotopic (exact) mass is 184 g/mol. The minimum absolute atomic E-state index is 0.0648. The molecule has 0 aromatic carbocycles. The highest BCUT2D eigenvalue weighted by molar-refractivity contribution is 5.83. The topological polar surface area (TPSA) is 80.3 Å². The lowest BCUT2D eigenvalue weighted by atomic mass is 10.2. The summed E-state index contributed by atoms with van der Waals surface area (Å²) in [6.45, 7) is 9.41. The second-order valence-corrected chi connectivity index (χ2v) is 2.31. The van der Waals surface area contributed by atoms with Gasteiger partial charge < -0.3 is 19.8 Å². The van der Waals surface area contributed by atoms with Crippen molar-refractivity contribution in [2.24, 2.45) is 0 Å². The van der Waals surface area contributed by atoms with Crippen LogP contribution in [0.3, 0.4) is 0 Å². The van der Waals surface area contributed by atoms with Gasteiger partial charge in [-0.25, -0.2) is 0 Å². The summed E-state index contributed by atoms with van der Waals surface area (Å²) in [7, 11) is 0. The molecule has 0 aliphatic heterocycles. The van der Waals surface area contributed by atoms with Gasteiger partial charge in [0.2, 0.25) is 0 Å². The van der Waals surface area contributed by atoms with Gasteiger partial charge in [-0.05, 0) is 24.5 Å². The fourth-order valence-electron chi connectivity index (χ4n) is 0.144. The molecule has 0 unspecified atom stereocenters. The predicted octanol–water partition coefficient (Wildman–Crippen LogP) is -0.985. The predicted molar refractivity (Wildman–Crippen MR) is 44.3 cm³/mol. The second kappa shape index (κ2) is 7.09. The number of aliphatic carboxylic acids is 2. The number of hydrogen-bond donors (Lipinski definition) is 0. The third-order valence-electron chi connectivity index (χ3n) is 1.06. The van der Waals surface area contributed by atoms with Gasteiger partial charge in [-0.1, -0.05) is 20.1 Å². The van der Waals surface area contributed by atoms with Gasteiger partial charge in [0, 0.05) is 0 Å². The zero-order valence-electron chi connectivity index (χ0n) is 7.75. The zero-order valence-corrected chi connectivity index (χ0v) is 7.75. The van der Waals surface area contributed by atoms with Crippen LogP contribution in [0.1, 0.15) is 20.3 Å². The van der Waals surface area contributed by atoms with Crippen molar-refractivity contribution in [2.45, 2.75) is 20.3 Å². The standard InChI is InChI=1S/C5H8O2.C4H6O2/c1-3-4(2)5(6)7;1-3(2)4(5)6/h2-3H2,1H3,(H,6,7);1H2,2H3,(H,5,6)/p-2. The number of carboxylic acid groups (broad SMARTS) is 2. The number of rotatable bonds is 3. The summed E-state index contributed by atoms with van der Waals surface area (Å²) in [5.74, 6) is -2.34. The molecule has 0 N–H and O–H groups in total. The summed E-state index contributed by atoms with van der Waals surface area (Å²) < 4.78 is 0. The highest BCUT2D eigenvalue weighted by Gasteiger charge is 1.84. The van der Waals surface area contributed by atoms with Gasteiger partial charge in [-0.3, -0.25) is 0 Å². The lowest BCUT2D eigenvalue weighted by Crippen LogP contribution is -2.23. The molecule has 0 atom stereocenters. The van der Waals surface area contributed by atoms with E-state index in [9.17, 15) is 19.8 Å². The molecule has 0 aliphatic rings. The van der Waals surface area contributed by atoms with E-state index in [0.717, 1.165) is 0 Å². The molecule has 0 radical (unpaired) electrons. The molecule has 0 aliphatic carbocycles. The van der Waals surface area contributed by atoms with Crippen LogP contribution in [0.15, 0.2) is 24.3 Å². The summed E-state index contributed by atoms with van der Waals surface area (Å²) >= 11 is 0. The van der Waals surface area contributed by atoms with E-state index < -0.39 is 11.9 Å². The fourth-order valence-corrected chi connectivity index (χ4v) is 0.144. The molecule has 4 nitrogen and oxygen atoms in total. The maximum absolute atomic E-state index is 9.72. The molecule has 13 heavy (non-hydrogen) atoms. The summed E-state index contributed by atoms with van der Waals surface area (Å²) in [6.07, 6.45) is 0.461. The Morgan fingerprint density at radius 1 is 1.15 bits per heavy atom. The molecular weight excluding hydrogens is 172 g/mol. The van der Waals surface area contributed by atoms with E-state index in [0.29, 0.717) is 6.42 Å². The van der Waals surface area contributed by atoms with Gasteiger partial charge >= 0.3 is 0 Å². The summed E-state index contributed by atoms with van der Waals surface area (Å²) in [5, 5.41) is 19.2. The number of carbonyl (C=O) groups excluding carboxylic acids is 2. The van der Waals surface area contributed by atoms with E-state index in [2.05, 4.69) is 13.2 Å². The van der Waals surface area contributed by atoms with Crippen LogP contribution in [0, 0.1) is 0 Å². The lowest BCUT2D eigenvalue weighted by Gasteiger charge is -1.98. The van der Waals surface area contributed by atoms with E-state index >= 15 is 0 Å². The van der Waals surface area contributed by atoms with Crippen molar-refractivity contribution in [3.05, 3.63) is 24.3 Å². The van der Waals surface area contributed by atoms with Gasteiger partial charge in [-0.15, -0.1) is 0 Å². The van der Waals surface area contributed by atoms with Crippen LogP contribution in [-0.2, 0) is 9.59 Å². The Morgan fingerprint density at radius 2 is 1.46 bits per heavy atom. The van der Waals surface area contributed by atoms with Crippen molar-refractivity contribution in [1.82, 2.24) is 0 Å². The molecule has 0 saturated heterocycles. The first-order valence-electron chi connectivity index (χ1n) is 3.58. The Balaban J connectivity index is 0. The first-order valence-corrected chi connectivity index (χ1v) is 3.58. The molecule has 0 aromatic rings. The first-order chi connectivity index (χ1) is 5.82. The van der Waals surface area contributed by atoms with Gasteiger partial charge in [0.25, 0.3) is 0 Å². The average molecular weight is 184 g/mol. The Morgan fingerprint density at radius 3 is 1.46 bits per heavy atom. The van der Waals surface area contributed by atoms with Crippen LogP contribution < -0.4 is 10.2 Å². The normalized spacial score (nSPS) is 7.85. The smallest absolute Gasteiger partial charge is 0.0668 e. The highest BCUT2D eigenvalue weighted by Crippen LogP contribution is 1.90. The largest absolute Gasteiger partial charge is 0.545 e. The van der Waals surface area contributed by atoms with Gasteiger partial charge in [0.05, 0.1) is 11.9 Å². The van der Waals surface area contributed by atoms with Crippen molar-refractivity contribution < 1.29 is 19.8 Å². The van der Waals surface area contributed by atoms with Crippen molar-refractivity contribution >= 4 is 11.9 Å². The lowest BCUT2D eigenvalue weighted by molar-refractivity contribution is -0.300. The van der Waals surface area contributed by atoms with Crippen molar-refractivity contribution in [3.8, 4) is 0 Å². The molecule has 0 amide bonds. The highest BCUT2D eigenvalue weighted by atomic mass is 16.4. The fraction of sp³-hybridized carbons (Fsp3) is 0.333. The average Bonchev–Trinajstić information content (AvgIpc) is 2.03. The van der Waals surface area contributed by atoms with Crippen LogP contribution >= 0.6 is 0 Å². The van der Waals surface area contributed by atoms with Gasteiger partial charge in [0.15, 0.2) is 0 Å². The molecule has 0 saturated carbocycles. The van der Waals surface area contributed by atoms with Crippen LogP contribution in [0.5, 0.6) is 0 Å². The number of hydrogen-bond acceptors (Lipinski definition) is 4.